The fourth-order valence-electron chi connectivity index (χ4n) is 2.67. The van der Waals surface area contributed by atoms with Crippen molar-refractivity contribution >= 4 is 11.6 Å². The molecule has 1 heterocycles. The third kappa shape index (κ3) is 2.85. The van der Waals surface area contributed by atoms with Crippen LogP contribution in [0.5, 0.6) is 0 Å². The molecule has 0 atom stereocenters. The lowest BCUT2D eigenvalue weighted by atomic mass is 9.84. The molecule has 1 fully saturated rings. The molecule has 1 saturated carbocycles. The molecule has 4 nitrogen and oxygen atoms in total. The zero-order valence-corrected chi connectivity index (χ0v) is 11.2. The summed E-state index contributed by atoms with van der Waals surface area (Å²) in [6, 6.07) is 10.1. The third-order valence-corrected chi connectivity index (χ3v) is 3.65. The molecule has 20 heavy (non-hydrogen) atoms. The van der Waals surface area contributed by atoms with Gasteiger partial charge in [0.05, 0.1) is 19.2 Å². The highest BCUT2D eigenvalue weighted by Crippen LogP contribution is 2.28. The van der Waals surface area contributed by atoms with Gasteiger partial charge in [-0.25, -0.2) is 0 Å². The molecule has 0 unspecified atom stereocenters. The minimum Gasteiger partial charge on any atom is -0.299 e. The molecule has 1 aliphatic carbocycles. The summed E-state index contributed by atoms with van der Waals surface area (Å²) in [7, 11) is 0. The van der Waals surface area contributed by atoms with Crippen LogP contribution in [0.2, 0.25) is 0 Å². The predicted octanol–water partition coefficient (Wildman–Crippen LogP) is 2.34. The zero-order chi connectivity index (χ0) is 13.9. The van der Waals surface area contributed by atoms with E-state index in [2.05, 4.69) is 17.2 Å². The van der Waals surface area contributed by atoms with Crippen LogP contribution >= 0.6 is 0 Å². The first-order valence-corrected chi connectivity index (χ1v) is 6.80. The van der Waals surface area contributed by atoms with Crippen LogP contribution in [0, 0.1) is 0 Å². The molecule has 0 saturated heterocycles. The van der Waals surface area contributed by atoms with Crippen molar-refractivity contribution in [3.63, 3.8) is 0 Å². The van der Waals surface area contributed by atoms with E-state index in [1.807, 2.05) is 29.1 Å². The van der Waals surface area contributed by atoms with E-state index in [-0.39, 0.29) is 23.9 Å². The third-order valence-electron chi connectivity index (χ3n) is 3.65. The predicted molar refractivity (Wildman–Crippen MR) is 74.4 cm³/mol. The maximum atomic E-state index is 11.5. The summed E-state index contributed by atoms with van der Waals surface area (Å²) in [5.41, 5.74) is 2.17. The number of hydrogen-bond donors (Lipinski definition) is 0. The monoisotopic (exact) mass is 268 g/mol. The summed E-state index contributed by atoms with van der Waals surface area (Å²) >= 11 is 0. The van der Waals surface area contributed by atoms with Gasteiger partial charge in [0.2, 0.25) is 0 Å². The van der Waals surface area contributed by atoms with Crippen LogP contribution < -0.4 is 0 Å². The van der Waals surface area contributed by atoms with Gasteiger partial charge in [0, 0.05) is 25.0 Å². The van der Waals surface area contributed by atoms with E-state index in [0.29, 0.717) is 19.4 Å². The van der Waals surface area contributed by atoms with E-state index in [0.717, 1.165) is 5.56 Å². The second-order valence-corrected chi connectivity index (χ2v) is 5.32. The van der Waals surface area contributed by atoms with Crippen molar-refractivity contribution in [2.45, 2.75) is 31.7 Å². The number of nitrogens with zero attached hydrogens (tertiary/aromatic N) is 2. The molecule has 102 valence electrons. The highest BCUT2D eigenvalue weighted by molar-refractivity contribution is 6.02. The first-order valence-electron chi connectivity index (χ1n) is 6.80. The minimum atomic E-state index is 0.00766. The number of carbonyl (C=O) groups excluding carboxylic acids is 2. The lowest BCUT2D eigenvalue weighted by Crippen LogP contribution is -2.21. The van der Waals surface area contributed by atoms with Crippen LogP contribution in [0.1, 0.15) is 36.3 Å². The number of carbonyl (C=O) groups is 2. The van der Waals surface area contributed by atoms with E-state index in [9.17, 15) is 9.59 Å². The normalized spacial score (nSPS) is 16.6. The van der Waals surface area contributed by atoms with Crippen LogP contribution in [0.25, 0.3) is 0 Å². The van der Waals surface area contributed by atoms with E-state index < -0.39 is 0 Å². The molecular weight excluding hydrogens is 252 g/mol. The van der Waals surface area contributed by atoms with Gasteiger partial charge in [-0.2, -0.15) is 5.10 Å². The topological polar surface area (TPSA) is 52.0 Å². The largest absolute Gasteiger partial charge is 0.299 e. The van der Waals surface area contributed by atoms with Crippen molar-refractivity contribution in [2.24, 2.45) is 0 Å². The van der Waals surface area contributed by atoms with Crippen molar-refractivity contribution in [1.29, 1.82) is 0 Å². The van der Waals surface area contributed by atoms with Crippen molar-refractivity contribution in [3.05, 3.63) is 53.9 Å². The second kappa shape index (κ2) is 5.41. The molecule has 2 aromatic rings. The van der Waals surface area contributed by atoms with E-state index in [1.54, 1.807) is 6.20 Å². The fraction of sp³-hybridized carbons (Fsp3) is 0.312. The van der Waals surface area contributed by atoms with Gasteiger partial charge >= 0.3 is 0 Å². The quantitative estimate of drug-likeness (QED) is 0.803. The summed E-state index contributed by atoms with van der Waals surface area (Å²) in [4.78, 5) is 23.0. The van der Waals surface area contributed by atoms with E-state index in [4.69, 9.17) is 0 Å². The zero-order valence-electron chi connectivity index (χ0n) is 11.2. The molecule has 1 aliphatic rings. The van der Waals surface area contributed by atoms with Crippen molar-refractivity contribution < 1.29 is 9.59 Å². The van der Waals surface area contributed by atoms with Crippen molar-refractivity contribution in [2.75, 3.05) is 0 Å². The number of rotatable bonds is 3. The standard InChI is InChI=1S/C16H16N2O2/c19-15-6-13(7-16(20)8-15)14-9-17-18(11-14)10-12-4-2-1-3-5-12/h1-5,9,11,13H,6-8,10H2. The summed E-state index contributed by atoms with van der Waals surface area (Å²) in [5, 5.41) is 4.33. The van der Waals surface area contributed by atoms with Gasteiger partial charge in [0.25, 0.3) is 0 Å². The molecular formula is C16H16N2O2. The van der Waals surface area contributed by atoms with Crippen LogP contribution in [-0.4, -0.2) is 21.3 Å². The number of hydrogen-bond acceptors (Lipinski definition) is 3. The molecule has 0 amide bonds. The lowest BCUT2D eigenvalue weighted by Gasteiger charge is -2.18. The maximum absolute atomic E-state index is 11.5. The molecule has 0 radical (unpaired) electrons. The fourth-order valence-corrected chi connectivity index (χ4v) is 2.67. The maximum Gasteiger partial charge on any atom is 0.140 e. The van der Waals surface area contributed by atoms with Crippen LogP contribution in [-0.2, 0) is 16.1 Å². The van der Waals surface area contributed by atoms with Gasteiger partial charge in [-0.1, -0.05) is 30.3 Å². The Kier molecular flexibility index (Phi) is 3.46. The Morgan fingerprint density at radius 1 is 1.10 bits per heavy atom. The van der Waals surface area contributed by atoms with Gasteiger partial charge in [0.15, 0.2) is 0 Å². The molecule has 0 bridgehead atoms. The minimum absolute atomic E-state index is 0.00766. The van der Waals surface area contributed by atoms with Crippen LogP contribution in [0.4, 0.5) is 0 Å². The van der Waals surface area contributed by atoms with E-state index >= 15 is 0 Å². The summed E-state index contributed by atoms with van der Waals surface area (Å²) in [5.74, 6) is 0.0948. The Hall–Kier alpha value is -2.23. The van der Waals surface area contributed by atoms with E-state index in [1.165, 1.54) is 5.56 Å². The summed E-state index contributed by atoms with van der Waals surface area (Å²) in [6.07, 6.45) is 4.75. The Morgan fingerprint density at radius 2 is 1.80 bits per heavy atom. The van der Waals surface area contributed by atoms with Gasteiger partial charge in [-0.15, -0.1) is 0 Å². The summed E-state index contributed by atoms with van der Waals surface area (Å²) < 4.78 is 1.86. The van der Waals surface area contributed by atoms with Crippen LogP contribution in [0.15, 0.2) is 42.7 Å². The first kappa shape index (κ1) is 12.8. The molecule has 3 rings (SSSR count). The molecule has 0 N–H and O–H groups in total. The Labute approximate surface area is 117 Å². The van der Waals surface area contributed by atoms with Crippen LogP contribution in [0.3, 0.4) is 0 Å². The van der Waals surface area contributed by atoms with Crippen molar-refractivity contribution in [3.8, 4) is 0 Å². The number of ketones is 2. The first-order chi connectivity index (χ1) is 9.70. The Balaban J connectivity index is 1.73. The van der Waals surface area contributed by atoms with Gasteiger partial charge in [0.1, 0.15) is 11.6 Å². The van der Waals surface area contributed by atoms with Gasteiger partial charge in [-0.3, -0.25) is 14.3 Å². The average molecular weight is 268 g/mol. The highest BCUT2D eigenvalue weighted by atomic mass is 16.1. The van der Waals surface area contributed by atoms with Crippen molar-refractivity contribution in [1.82, 2.24) is 9.78 Å². The smallest absolute Gasteiger partial charge is 0.140 e. The SMILES string of the molecule is O=C1CC(=O)CC(c2cnn(Cc3ccccc3)c2)C1. The second-order valence-electron chi connectivity index (χ2n) is 5.32. The lowest BCUT2D eigenvalue weighted by molar-refractivity contribution is -0.130. The molecule has 1 aromatic carbocycles. The highest BCUT2D eigenvalue weighted by Gasteiger charge is 2.27. The number of Topliss-reactive ketones (excluding diaryl/α,β-unsaturated/α-hetero) is 2. The van der Waals surface area contributed by atoms with Gasteiger partial charge < -0.3 is 0 Å². The molecule has 4 heteroatoms. The Morgan fingerprint density at radius 3 is 2.50 bits per heavy atom. The summed E-state index contributed by atoms with van der Waals surface area (Å²) in [6.45, 7) is 0.704. The molecule has 0 aliphatic heterocycles. The molecule has 0 spiro atoms. The van der Waals surface area contributed by atoms with Gasteiger partial charge in [-0.05, 0) is 11.1 Å². The number of aromatic nitrogens is 2. The number of benzene rings is 1. The Bertz CT molecular complexity index is 615. The molecule has 1 aromatic heterocycles. The average Bonchev–Trinajstić information content (AvgIpc) is 2.87.